The summed E-state index contributed by atoms with van der Waals surface area (Å²) in [5.41, 5.74) is 5.38. The van der Waals surface area contributed by atoms with E-state index >= 15 is 0 Å². The molecule has 1 atom stereocenters. The molecule has 0 amide bonds. The summed E-state index contributed by atoms with van der Waals surface area (Å²) in [4.78, 5) is 11.6. The van der Waals surface area contributed by atoms with E-state index < -0.39 is 11.5 Å². The highest BCUT2D eigenvalue weighted by Crippen LogP contribution is 2.20. The summed E-state index contributed by atoms with van der Waals surface area (Å²) in [6, 6.07) is 4.99. The van der Waals surface area contributed by atoms with Crippen molar-refractivity contribution in [2.75, 3.05) is 13.2 Å². The Bertz CT molecular complexity index is 460. The molecule has 4 nitrogen and oxygen atoms in total. The van der Waals surface area contributed by atoms with Gasteiger partial charge < -0.3 is 15.2 Å². The molecule has 1 aromatic carbocycles. The Morgan fingerprint density at radius 3 is 2.80 bits per heavy atom. The zero-order valence-electron chi connectivity index (χ0n) is 12.2. The first-order chi connectivity index (χ1) is 9.38. The number of benzene rings is 1. The van der Waals surface area contributed by atoms with E-state index in [1.54, 1.807) is 39.0 Å². The maximum atomic E-state index is 13.7. The van der Waals surface area contributed by atoms with E-state index in [9.17, 15) is 9.18 Å². The molecule has 0 radical (unpaired) electrons. The molecule has 1 unspecified atom stereocenters. The summed E-state index contributed by atoms with van der Waals surface area (Å²) in [5, 5.41) is 0. The van der Waals surface area contributed by atoms with E-state index in [1.807, 2.05) is 0 Å². The SMILES string of the molecule is CCOC(=O)C(C)(N)CCCOc1cccc(C)c1F. The minimum Gasteiger partial charge on any atom is -0.491 e. The van der Waals surface area contributed by atoms with E-state index in [0.717, 1.165) is 0 Å². The fraction of sp³-hybridized carbons (Fsp3) is 0.533. The molecule has 0 aliphatic rings. The van der Waals surface area contributed by atoms with Crippen molar-refractivity contribution in [1.29, 1.82) is 0 Å². The molecule has 2 N–H and O–H groups in total. The molecular weight excluding hydrogens is 261 g/mol. The number of nitrogens with two attached hydrogens (primary N) is 1. The van der Waals surface area contributed by atoms with Gasteiger partial charge in [0.2, 0.25) is 0 Å². The molecule has 0 spiro atoms. The number of hydrogen-bond donors (Lipinski definition) is 1. The highest BCUT2D eigenvalue weighted by Gasteiger charge is 2.29. The first kappa shape index (κ1) is 16.4. The van der Waals surface area contributed by atoms with Crippen LogP contribution in [-0.4, -0.2) is 24.7 Å². The van der Waals surface area contributed by atoms with Gasteiger partial charge in [-0.25, -0.2) is 4.39 Å². The lowest BCUT2D eigenvalue weighted by Crippen LogP contribution is -2.46. The Labute approximate surface area is 119 Å². The van der Waals surface area contributed by atoms with Crippen LogP contribution in [0.5, 0.6) is 5.75 Å². The lowest BCUT2D eigenvalue weighted by atomic mass is 9.98. The van der Waals surface area contributed by atoms with Crippen LogP contribution in [0.2, 0.25) is 0 Å². The van der Waals surface area contributed by atoms with E-state index in [4.69, 9.17) is 15.2 Å². The quantitative estimate of drug-likeness (QED) is 0.617. The molecule has 0 saturated carbocycles. The number of ether oxygens (including phenoxy) is 2. The Kier molecular flexibility index (Phi) is 5.95. The molecule has 112 valence electrons. The minimum absolute atomic E-state index is 0.222. The molecule has 20 heavy (non-hydrogen) atoms. The first-order valence-electron chi connectivity index (χ1n) is 6.72. The average Bonchev–Trinajstić information content (AvgIpc) is 2.39. The summed E-state index contributed by atoms with van der Waals surface area (Å²) < 4.78 is 23.9. The zero-order chi connectivity index (χ0) is 15.2. The third-order valence-corrected chi connectivity index (χ3v) is 3.00. The summed E-state index contributed by atoms with van der Waals surface area (Å²) in [7, 11) is 0. The van der Waals surface area contributed by atoms with Crippen LogP contribution in [0.25, 0.3) is 0 Å². The molecular formula is C15H22FNO3. The second kappa shape index (κ2) is 7.24. The predicted molar refractivity (Wildman–Crippen MR) is 75.1 cm³/mol. The van der Waals surface area contributed by atoms with Crippen LogP contribution < -0.4 is 10.5 Å². The van der Waals surface area contributed by atoms with Crippen LogP contribution in [0, 0.1) is 12.7 Å². The summed E-state index contributed by atoms with van der Waals surface area (Å²) >= 11 is 0. The maximum Gasteiger partial charge on any atom is 0.325 e. The minimum atomic E-state index is -1.04. The Balaban J connectivity index is 2.42. The molecule has 1 rings (SSSR count). The van der Waals surface area contributed by atoms with E-state index in [2.05, 4.69) is 0 Å². The standard InChI is InChI=1S/C15H22FNO3/c1-4-19-14(18)15(3,17)9-6-10-20-12-8-5-7-11(2)13(12)16/h5,7-8H,4,6,9-10,17H2,1-3H3. The first-order valence-corrected chi connectivity index (χ1v) is 6.72. The smallest absolute Gasteiger partial charge is 0.325 e. The number of hydrogen-bond acceptors (Lipinski definition) is 4. The van der Waals surface area contributed by atoms with Crippen LogP contribution in [-0.2, 0) is 9.53 Å². The molecule has 0 heterocycles. The fourth-order valence-corrected chi connectivity index (χ4v) is 1.75. The molecule has 0 saturated heterocycles. The van der Waals surface area contributed by atoms with Crippen molar-refractivity contribution in [2.24, 2.45) is 5.73 Å². The van der Waals surface area contributed by atoms with Crippen molar-refractivity contribution < 1.29 is 18.7 Å². The molecule has 0 fully saturated rings. The van der Waals surface area contributed by atoms with E-state index in [0.29, 0.717) is 31.6 Å². The monoisotopic (exact) mass is 283 g/mol. The third kappa shape index (κ3) is 4.49. The second-order valence-corrected chi connectivity index (χ2v) is 4.98. The van der Waals surface area contributed by atoms with Crippen molar-refractivity contribution in [3.05, 3.63) is 29.6 Å². The summed E-state index contributed by atoms with van der Waals surface area (Å²) in [6.45, 7) is 5.64. The van der Waals surface area contributed by atoms with Gasteiger partial charge >= 0.3 is 5.97 Å². The lowest BCUT2D eigenvalue weighted by Gasteiger charge is -2.22. The van der Waals surface area contributed by atoms with Crippen molar-refractivity contribution in [3.63, 3.8) is 0 Å². The summed E-state index contributed by atoms with van der Waals surface area (Å²) in [6.07, 6.45) is 0.957. The van der Waals surface area contributed by atoms with Gasteiger partial charge in [0.15, 0.2) is 11.6 Å². The van der Waals surface area contributed by atoms with Gasteiger partial charge in [0.1, 0.15) is 5.54 Å². The van der Waals surface area contributed by atoms with Crippen molar-refractivity contribution in [2.45, 2.75) is 39.2 Å². The molecule has 0 aliphatic carbocycles. The normalized spacial score (nSPS) is 13.7. The van der Waals surface area contributed by atoms with Crippen LogP contribution in [0.1, 0.15) is 32.3 Å². The van der Waals surface area contributed by atoms with Gasteiger partial charge in [0.05, 0.1) is 13.2 Å². The number of esters is 1. The van der Waals surface area contributed by atoms with Gasteiger partial charge in [-0.3, -0.25) is 4.79 Å². The Morgan fingerprint density at radius 2 is 2.15 bits per heavy atom. The molecule has 0 bridgehead atoms. The second-order valence-electron chi connectivity index (χ2n) is 4.98. The van der Waals surface area contributed by atoms with Crippen LogP contribution in [0.15, 0.2) is 18.2 Å². The van der Waals surface area contributed by atoms with Gasteiger partial charge in [0, 0.05) is 0 Å². The molecule has 1 aromatic rings. The van der Waals surface area contributed by atoms with Gasteiger partial charge in [-0.15, -0.1) is 0 Å². The van der Waals surface area contributed by atoms with E-state index in [1.165, 1.54) is 0 Å². The van der Waals surface area contributed by atoms with Crippen LogP contribution in [0.3, 0.4) is 0 Å². The highest BCUT2D eigenvalue weighted by molar-refractivity contribution is 5.79. The molecule has 0 aliphatic heterocycles. The Morgan fingerprint density at radius 1 is 1.45 bits per heavy atom. The number of carbonyl (C=O) groups is 1. The lowest BCUT2D eigenvalue weighted by molar-refractivity contribution is -0.149. The van der Waals surface area contributed by atoms with Gasteiger partial charge in [-0.05, 0) is 45.2 Å². The van der Waals surface area contributed by atoms with Crippen molar-refractivity contribution in [3.8, 4) is 5.75 Å². The maximum absolute atomic E-state index is 13.7. The topological polar surface area (TPSA) is 61.5 Å². The average molecular weight is 283 g/mol. The Hall–Kier alpha value is -1.62. The highest BCUT2D eigenvalue weighted by atomic mass is 19.1. The van der Waals surface area contributed by atoms with Gasteiger partial charge in [0.25, 0.3) is 0 Å². The van der Waals surface area contributed by atoms with Crippen LogP contribution in [0.4, 0.5) is 4.39 Å². The summed E-state index contributed by atoms with van der Waals surface area (Å²) in [5.74, 6) is -0.560. The molecule has 5 heteroatoms. The molecule has 0 aromatic heterocycles. The van der Waals surface area contributed by atoms with E-state index in [-0.39, 0.29) is 11.6 Å². The number of aryl methyl sites for hydroxylation is 1. The number of halogens is 1. The van der Waals surface area contributed by atoms with Crippen LogP contribution >= 0.6 is 0 Å². The third-order valence-electron chi connectivity index (χ3n) is 3.00. The van der Waals surface area contributed by atoms with Crippen molar-refractivity contribution in [1.82, 2.24) is 0 Å². The zero-order valence-corrected chi connectivity index (χ0v) is 12.2. The largest absolute Gasteiger partial charge is 0.491 e. The number of rotatable bonds is 7. The number of carbonyl (C=O) groups excluding carboxylic acids is 1. The van der Waals surface area contributed by atoms with Crippen molar-refractivity contribution >= 4 is 5.97 Å². The van der Waals surface area contributed by atoms with Gasteiger partial charge in [-0.1, -0.05) is 12.1 Å². The fourth-order valence-electron chi connectivity index (χ4n) is 1.75. The predicted octanol–water partition coefficient (Wildman–Crippen LogP) is 2.57. The van der Waals surface area contributed by atoms with Gasteiger partial charge in [-0.2, -0.15) is 0 Å².